The van der Waals surface area contributed by atoms with Crippen LogP contribution in [-0.4, -0.2) is 30.7 Å². The highest BCUT2D eigenvalue weighted by Gasteiger charge is 2.33. The molecule has 0 radical (unpaired) electrons. The number of ether oxygens (including phenoxy) is 1. The molecule has 0 spiro atoms. The zero-order chi connectivity index (χ0) is 11.3. The van der Waals surface area contributed by atoms with Crippen molar-refractivity contribution in [3.05, 3.63) is 0 Å². The van der Waals surface area contributed by atoms with Crippen molar-refractivity contribution in [3.8, 4) is 0 Å². The predicted octanol–water partition coefficient (Wildman–Crippen LogP) is 2.41. The summed E-state index contributed by atoms with van der Waals surface area (Å²) in [5.41, 5.74) is 0. The van der Waals surface area contributed by atoms with E-state index in [1.54, 1.807) is 4.90 Å². The first-order chi connectivity index (χ1) is 7.19. The van der Waals surface area contributed by atoms with E-state index in [4.69, 9.17) is 4.74 Å². The summed E-state index contributed by atoms with van der Waals surface area (Å²) in [6, 6.07) is 0. The van der Waals surface area contributed by atoms with Crippen molar-refractivity contribution >= 4 is 5.91 Å². The lowest BCUT2D eigenvalue weighted by Gasteiger charge is -2.37. The largest absolute Gasteiger partial charge is 0.357 e. The van der Waals surface area contributed by atoms with Crippen molar-refractivity contribution < 1.29 is 9.53 Å². The van der Waals surface area contributed by atoms with Crippen LogP contribution in [0.3, 0.4) is 0 Å². The number of amides is 1. The van der Waals surface area contributed by atoms with Crippen LogP contribution >= 0.6 is 0 Å². The van der Waals surface area contributed by atoms with E-state index >= 15 is 0 Å². The number of carbonyl (C=O) groups is 1. The maximum absolute atomic E-state index is 11.0. The summed E-state index contributed by atoms with van der Waals surface area (Å²) in [5, 5.41) is 0. The molecule has 2 atom stereocenters. The number of likely N-dealkylation sites (tertiary alicyclic amines) is 1. The first-order valence-corrected chi connectivity index (χ1v) is 6.06. The molecular weight excluding hydrogens is 190 g/mol. The zero-order valence-electron chi connectivity index (χ0n) is 10.2. The minimum absolute atomic E-state index is 0.0492. The molecule has 2 unspecified atom stereocenters. The number of hydrogen-bond donors (Lipinski definition) is 0. The molecule has 0 N–H and O–H groups in total. The normalized spacial score (nSPS) is 22.7. The van der Waals surface area contributed by atoms with E-state index in [0.717, 1.165) is 6.61 Å². The molecular formula is C12H23NO2. The highest BCUT2D eigenvalue weighted by atomic mass is 16.5. The maximum Gasteiger partial charge on any atom is 0.228 e. The fourth-order valence-electron chi connectivity index (χ4n) is 1.79. The van der Waals surface area contributed by atoms with Crippen molar-refractivity contribution in [1.82, 2.24) is 4.90 Å². The van der Waals surface area contributed by atoms with Gasteiger partial charge in [0.15, 0.2) is 0 Å². The summed E-state index contributed by atoms with van der Waals surface area (Å²) in [5.74, 6) is 0.857. The summed E-state index contributed by atoms with van der Waals surface area (Å²) >= 11 is 0. The third-order valence-electron chi connectivity index (χ3n) is 3.24. The highest BCUT2D eigenvalue weighted by Crippen LogP contribution is 2.20. The van der Waals surface area contributed by atoms with E-state index in [-0.39, 0.29) is 12.1 Å². The van der Waals surface area contributed by atoms with Crippen LogP contribution in [-0.2, 0) is 9.53 Å². The Kier molecular flexibility index (Phi) is 5.09. The molecule has 3 heteroatoms. The Morgan fingerprint density at radius 3 is 2.73 bits per heavy atom. The van der Waals surface area contributed by atoms with E-state index in [9.17, 15) is 4.79 Å². The number of hydrogen-bond acceptors (Lipinski definition) is 2. The van der Waals surface area contributed by atoms with Gasteiger partial charge in [-0.3, -0.25) is 4.79 Å². The lowest BCUT2D eigenvalue weighted by molar-refractivity contribution is -0.171. The second kappa shape index (κ2) is 6.11. The molecule has 1 saturated heterocycles. The summed E-state index contributed by atoms with van der Waals surface area (Å²) in [6.07, 6.45) is 5.57. The summed E-state index contributed by atoms with van der Waals surface area (Å²) < 4.78 is 5.72. The standard InChI is InChI=1S/C12H23NO2/c1-4-6-7-10(5-2)9-15-12-8-11(14)13(12)3/h10,12H,4-9H2,1-3H3. The van der Waals surface area contributed by atoms with Crippen LogP contribution in [0.25, 0.3) is 0 Å². The average Bonchev–Trinajstić information content (AvgIpc) is 2.27. The van der Waals surface area contributed by atoms with Crippen LogP contribution < -0.4 is 0 Å². The molecule has 1 heterocycles. The van der Waals surface area contributed by atoms with Gasteiger partial charge in [-0.1, -0.05) is 33.1 Å². The van der Waals surface area contributed by atoms with E-state index < -0.39 is 0 Å². The Balaban J connectivity index is 2.14. The third-order valence-corrected chi connectivity index (χ3v) is 3.24. The molecule has 0 aromatic carbocycles. The molecule has 1 amide bonds. The monoisotopic (exact) mass is 213 g/mol. The van der Waals surface area contributed by atoms with Crippen LogP contribution in [0.1, 0.15) is 46.0 Å². The minimum Gasteiger partial charge on any atom is -0.357 e. The Labute approximate surface area is 92.8 Å². The molecule has 1 aliphatic heterocycles. The molecule has 0 bridgehead atoms. The van der Waals surface area contributed by atoms with Gasteiger partial charge in [-0.05, 0) is 12.3 Å². The van der Waals surface area contributed by atoms with Gasteiger partial charge >= 0.3 is 0 Å². The predicted molar refractivity (Wildman–Crippen MR) is 60.4 cm³/mol. The Hall–Kier alpha value is -0.570. The number of rotatable bonds is 7. The fraction of sp³-hybridized carbons (Fsp3) is 0.917. The Morgan fingerprint density at radius 1 is 1.53 bits per heavy atom. The number of carbonyl (C=O) groups excluding carboxylic acids is 1. The molecule has 0 saturated carbocycles. The second-order valence-corrected chi connectivity index (χ2v) is 4.41. The van der Waals surface area contributed by atoms with Gasteiger partial charge in [-0.25, -0.2) is 0 Å². The SMILES string of the molecule is CCCCC(CC)COC1CC(=O)N1C. The molecule has 0 aromatic heterocycles. The first kappa shape index (κ1) is 12.5. The topological polar surface area (TPSA) is 29.5 Å². The Bertz CT molecular complexity index is 206. The van der Waals surface area contributed by atoms with Gasteiger partial charge in [0.2, 0.25) is 5.91 Å². The van der Waals surface area contributed by atoms with E-state index in [1.807, 2.05) is 7.05 Å². The zero-order valence-corrected chi connectivity index (χ0v) is 10.2. The number of nitrogens with zero attached hydrogens (tertiary/aromatic N) is 1. The molecule has 1 aliphatic rings. The van der Waals surface area contributed by atoms with Gasteiger partial charge < -0.3 is 9.64 Å². The summed E-state index contributed by atoms with van der Waals surface area (Å²) in [4.78, 5) is 12.7. The average molecular weight is 213 g/mol. The van der Waals surface area contributed by atoms with Crippen molar-refractivity contribution in [2.45, 2.75) is 52.2 Å². The highest BCUT2D eigenvalue weighted by molar-refractivity contribution is 5.82. The molecule has 1 fully saturated rings. The fourth-order valence-corrected chi connectivity index (χ4v) is 1.79. The van der Waals surface area contributed by atoms with Crippen molar-refractivity contribution in [2.75, 3.05) is 13.7 Å². The minimum atomic E-state index is 0.0492. The molecule has 0 aromatic rings. The van der Waals surface area contributed by atoms with E-state index in [2.05, 4.69) is 13.8 Å². The van der Waals surface area contributed by atoms with E-state index in [0.29, 0.717) is 12.3 Å². The lowest BCUT2D eigenvalue weighted by atomic mass is 10.0. The van der Waals surface area contributed by atoms with Crippen LogP contribution in [0.2, 0.25) is 0 Å². The van der Waals surface area contributed by atoms with Gasteiger partial charge in [0.25, 0.3) is 0 Å². The molecule has 1 rings (SSSR count). The third kappa shape index (κ3) is 3.49. The van der Waals surface area contributed by atoms with Gasteiger partial charge in [-0.15, -0.1) is 0 Å². The second-order valence-electron chi connectivity index (χ2n) is 4.41. The summed E-state index contributed by atoms with van der Waals surface area (Å²) in [7, 11) is 1.81. The van der Waals surface area contributed by atoms with Crippen molar-refractivity contribution in [3.63, 3.8) is 0 Å². The van der Waals surface area contributed by atoms with Gasteiger partial charge in [0, 0.05) is 7.05 Å². The first-order valence-electron chi connectivity index (χ1n) is 6.06. The van der Waals surface area contributed by atoms with Crippen LogP contribution in [0, 0.1) is 5.92 Å². The molecule has 0 aliphatic carbocycles. The van der Waals surface area contributed by atoms with E-state index in [1.165, 1.54) is 25.7 Å². The number of β-lactam (4-membered cyclic amide) rings is 1. The van der Waals surface area contributed by atoms with Gasteiger partial charge in [0.05, 0.1) is 13.0 Å². The Morgan fingerprint density at radius 2 is 2.27 bits per heavy atom. The van der Waals surface area contributed by atoms with Crippen LogP contribution in [0.4, 0.5) is 0 Å². The van der Waals surface area contributed by atoms with Gasteiger partial charge in [-0.2, -0.15) is 0 Å². The quantitative estimate of drug-likeness (QED) is 0.608. The lowest BCUT2D eigenvalue weighted by Crippen LogP contribution is -2.51. The van der Waals surface area contributed by atoms with Crippen LogP contribution in [0.15, 0.2) is 0 Å². The summed E-state index contributed by atoms with van der Waals surface area (Å²) in [6.45, 7) is 5.23. The van der Waals surface area contributed by atoms with Crippen molar-refractivity contribution in [2.24, 2.45) is 5.92 Å². The van der Waals surface area contributed by atoms with Crippen molar-refractivity contribution in [1.29, 1.82) is 0 Å². The smallest absolute Gasteiger partial charge is 0.228 e. The maximum atomic E-state index is 11.0. The number of unbranched alkanes of at least 4 members (excludes halogenated alkanes) is 1. The van der Waals surface area contributed by atoms with Crippen LogP contribution in [0.5, 0.6) is 0 Å². The molecule has 3 nitrogen and oxygen atoms in total. The van der Waals surface area contributed by atoms with Gasteiger partial charge in [0.1, 0.15) is 6.23 Å². The molecule has 15 heavy (non-hydrogen) atoms. The molecule has 88 valence electrons.